The van der Waals surface area contributed by atoms with E-state index in [0.29, 0.717) is 0 Å². The number of nitrogens with one attached hydrogen (secondary N) is 1. The number of hydrogen-bond acceptors (Lipinski definition) is 3. The van der Waals surface area contributed by atoms with Crippen molar-refractivity contribution in [1.29, 1.82) is 0 Å². The molecule has 1 aromatic carbocycles. The fraction of sp³-hybridized carbons (Fsp3) is 0.353. The summed E-state index contributed by atoms with van der Waals surface area (Å²) >= 11 is 0. The van der Waals surface area contributed by atoms with E-state index in [1.54, 1.807) is 0 Å². The molecular formula is C17H21N3O. The van der Waals surface area contributed by atoms with E-state index >= 15 is 0 Å². The molecule has 21 heavy (non-hydrogen) atoms. The first-order valence-electron chi connectivity index (χ1n) is 7.41. The quantitative estimate of drug-likeness (QED) is 0.777. The number of benzene rings is 1. The summed E-state index contributed by atoms with van der Waals surface area (Å²) in [7, 11) is 1.94. The third kappa shape index (κ3) is 2.59. The zero-order valence-electron chi connectivity index (χ0n) is 12.8. The number of hydrogen-bond donors (Lipinski definition) is 1. The minimum atomic E-state index is -0.0285. The van der Waals surface area contributed by atoms with Crippen LogP contribution in [0.2, 0.25) is 0 Å². The van der Waals surface area contributed by atoms with Gasteiger partial charge in [-0.1, -0.05) is 18.6 Å². The molecule has 4 heteroatoms. The van der Waals surface area contributed by atoms with E-state index in [9.17, 15) is 0 Å². The molecule has 1 atom stereocenters. The lowest BCUT2D eigenvalue weighted by Gasteiger charge is -2.15. The maximum atomic E-state index is 6.02. The van der Waals surface area contributed by atoms with E-state index < -0.39 is 0 Å². The maximum absolute atomic E-state index is 6.02. The Morgan fingerprint density at radius 1 is 1.33 bits per heavy atom. The van der Waals surface area contributed by atoms with Gasteiger partial charge < -0.3 is 14.3 Å². The first-order chi connectivity index (χ1) is 10.2. The van der Waals surface area contributed by atoms with Crippen molar-refractivity contribution in [1.82, 2.24) is 14.9 Å². The van der Waals surface area contributed by atoms with E-state index in [-0.39, 0.29) is 6.04 Å². The minimum Gasteiger partial charge on any atom is -0.459 e. The fourth-order valence-corrected chi connectivity index (χ4v) is 2.74. The highest BCUT2D eigenvalue weighted by Crippen LogP contribution is 2.28. The average Bonchev–Trinajstić information content (AvgIpc) is 3.07. The van der Waals surface area contributed by atoms with Gasteiger partial charge in [0.2, 0.25) is 0 Å². The van der Waals surface area contributed by atoms with E-state index in [4.69, 9.17) is 4.42 Å². The molecule has 0 saturated carbocycles. The van der Waals surface area contributed by atoms with Gasteiger partial charge in [-0.25, -0.2) is 4.98 Å². The SMILES string of the molecule is CCCn1ccnc1C(NC)c1cc2cc(C)ccc2o1. The molecule has 0 spiro atoms. The number of nitrogens with zero attached hydrogens (tertiary/aromatic N) is 2. The highest BCUT2D eigenvalue weighted by atomic mass is 16.3. The van der Waals surface area contributed by atoms with Gasteiger partial charge in [-0.05, 0) is 38.6 Å². The number of furan rings is 1. The van der Waals surface area contributed by atoms with E-state index in [1.165, 1.54) is 5.56 Å². The van der Waals surface area contributed by atoms with Crippen LogP contribution >= 0.6 is 0 Å². The van der Waals surface area contributed by atoms with Gasteiger partial charge in [0.25, 0.3) is 0 Å². The van der Waals surface area contributed by atoms with Gasteiger partial charge in [0.15, 0.2) is 0 Å². The molecule has 2 aromatic heterocycles. The predicted octanol–water partition coefficient (Wildman–Crippen LogP) is 3.66. The van der Waals surface area contributed by atoms with Gasteiger partial charge in [-0.3, -0.25) is 0 Å². The number of aryl methyl sites for hydroxylation is 2. The van der Waals surface area contributed by atoms with E-state index in [1.807, 2.05) is 25.5 Å². The third-order valence-corrected chi connectivity index (χ3v) is 3.73. The Labute approximate surface area is 124 Å². The first-order valence-corrected chi connectivity index (χ1v) is 7.41. The molecule has 4 nitrogen and oxygen atoms in total. The zero-order chi connectivity index (χ0) is 14.8. The maximum Gasteiger partial charge on any atom is 0.134 e. The highest BCUT2D eigenvalue weighted by Gasteiger charge is 2.21. The van der Waals surface area contributed by atoms with Crippen LogP contribution in [0.3, 0.4) is 0 Å². The van der Waals surface area contributed by atoms with E-state index in [0.717, 1.165) is 35.5 Å². The van der Waals surface area contributed by atoms with Crippen LogP contribution in [0, 0.1) is 6.92 Å². The molecule has 0 aliphatic heterocycles. The van der Waals surface area contributed by atoms with Gasteiger partial charge in [0.05, 0.1) is 0 Å². The normalized spacial score (nSPS) is 12.9. The summed E-state index contributed by atoms with van der Waals surface area (Å²) in [5.74, 6) is 1.90. The molecule has 1 unspecified atom stereocenters. The molecule has 110 valence electrons. The molecule has 0 aliphatic rings. The van der Waals surface area contributed by atoms with Crippen LogP contribution in [-0.4, -0.2) is 16.6 Å². The number of fused-ring (bicyclic) bond motifs is 1. The molecule has 0 amide bonds. The molecule has 0 bridgehead atoms. The average molecular weight is 283 g/mol. The van der Waals surface area contributed by atoms with Crippen LogP contribution in [0.4, 0.5) is 0 Å². The van der Waals surface area contributed by atoms with Crippen molar-refractivity contribution in [3.05, 3.63) is 53.8 Å². The monoisotopic (exact) mass is 283 g/mol. The van der Waals surface area contributed by atoms with E-state index in [2.05, 4.69) is 46.9 Å². The summed E-state index contributed by atoms with van der Waals surface area (Å²) in [6.07, 6.45) is 4.96. The number of aromatic nitrogens is 2. The molecule has 0 radical (unpaired) electrons. The van der Waals surface area contributed by atoms with Crippen LogP contribution in [-0.2, 0) is 6.54 Å². The second-order valence-electron chi connectivity index (χ2n) is 5.39. The Hall–Kier alpha value is -2.07. The summed E-state index contributed by atoms with van der Waals surface area (Å²) < 4.78 is 8.20. The smallest absolute Gasteiger partial charge is 0.134 e. The van der Waals surface area contributed by atoms with Crippen molar-refractivity contribution < 1.29 is 4.42 Å². The van der Waals surface area contributed by atoms with Gasteiger partial charge in [-0.15, -0.1) is 0 Å². The largest absolute Gasteiger partial charge is 0.459 e. The summed E-state index contributed by atoms with van der Waals surface area (Å²) in [5, 5.41) is 4.46. The second kappa shape index (κ2) is 5.74. The van der Waals surface area contributed by atoms with Gasteiger partial charge in [0.1, 0.15) is 23.2 Å². The summed E-state index contributed by atoms with van der Waals surface area (Å²) in [4.78, 5) is 4.51. The highest BCUT2D eigenvalue weighted by molar-refractivity contribution is 5.78. The van der Waals surface area contributed by atoms with Crippen molar-refractivity contribution in [3.8, 4) is 0 Å². The zero-order valence-corrected chi connectivity index (χ0v) is 12.8. The Bertz CT molecular complexity index is 741. The van der Waals surface area contributed by atoms with Crippen LogP contribution in [0.25, 0.3) is 11.0 Å². The third-order valence-electron chi connectivity index (χ3n) is 3.73. The fourth-order valence-electron chi connectivity index (χ4n) is 2.74. The van der Waals surface area contributed by atoms with Gasteiger partial charge >= 0.3 is 0 Å². The van der Waals surface area contributed by atoms with Crippen LogP contribution in [0.1, 0.15) is 36.5 Å². The second-order valence-corrected chi connectivity index (χ2v) is 5.39. The van der Waals surface area contributed by atoms with Crippen molar-refractivity contribution in [3.63, 3.8) is 0 Å². The molecular weight excluding hydrogens is 262 g/mol. The molecule has 3 aromatic rings. The molecule has 0 aliphatic carbocycles. The Morgan fingerprint density at radius 2 is 2.19 bits per heavy atom. The minimum absolute atomic E-state index is 0.0285. The van der Waals surface area contributed by atoms with Gasteiger partial charge in [-0.2, -0.15) is 0 Å². The Morgan fingerprint density at radius 3 is 2.95 bits per heavy atom. The summed E-state index contributed by atoms with van der Waals surface area (Å²) in [5.41, 5.74) is 2.16. The number of imidazole rings is 1. The Kier molecular flexibility index (Phi) is 3.80. The molecule has 3 rings (SSSR count). The molecule has 0 saturated heterocycles. The molecule has 2 heterocycles. The van der Waals surface area contributed by atoms with Crippen molar-refractivity contribution in [2.24, 2.45) is 0 Å². The topological polar surface area (TPSA) is 43.0 Å². The Balaban J connectivity index is 2.03. The van der Waals surface area contributed by atoms with Crippen LogP contribution in [0.15, 0.2) is 41.1 Å². The van der Waals surface area contributed by atoms with Crippen molar-refractivity contribution in [2.75, 3.05) is 7.05 Å². The molecule has 0 fully saturated rings. The summed E-state index contributed by atoms with van der Waals surface area (Å²) in [6.45, 7) is 5.23. The standard InChI is InChI=1S/C17H21N3O/c1-4-8-20-9-7-19-17(20)16(18-3)15-11-13-10-12(2)5-6-14(13)21-15/h5-7,9-11,16,18H,4,8H2,1-3H3. The predicted molar refractivity (Wildman–Crippen MR) is 84.4 cm³/mol. The van der Waals surface area contributed by atoms with Gasteiger partial charge in [0, 0.05) is 24.3 Å². The van der Waals surface area contributed by atoms with Crippen molar-refractivity contribution in [2.45, 2.75) is 32.9 Å². The van der Waals surface area contributed by atoms with Crippen LogP contribution in [0.5, 0.6) is 0 Å². The van der Waals surface area contributed by atoms with Crippen molar-refractivity contribution >= 4 is 11.0 Å². The summed E-state index contributed by atoms with van der Waals surface area (Å²) in [6, 6.07) is 8.32. The lowest BCUT2D eigenvalue weighted by atomic mass is 10.1. The lowest BCUT2D eigenvalue weighted by Crippen LogP contribution is -2.21. The first kappa shape index (κ1) is 13.9. The lowest BCUT2D eigenvalue weighted by molar-refractivity contribution is 0.463. The van der Waals surface area contributed by atoms with Crippen LogP contribution < -0.4 is 5.32 Å². The molecule has 1 N–H and O–H groups in total. The number of rotatable bonds is 5.